The van der Waals surface area contributed by atoms with Gasteiger partial charge in [-0.2, -0.15) is 0 Å². The lowest BCUT2D eigenvalue weighted by molar-refractivity contribution is 0.384. The zero-order valence-electron chi connectivity index (χ0n) is 10.4. The highest BCUT2D eigenvalue weighted by atomic mass is 16.5. The first kappa shape index (κ1) is 13.0. The fraction of sp³-hybridized carbons (Fsp3) is 0.538. The fourth-order valence-electron chi connectivity index (χ4n) is 1.72. The SMILES string of the molecule is COc1ccc(CCC(NN)C(C)C)cc1. The Morgan fingerprint density at radius 2 is 1.88 bits per heavy atom. The Hall–Kier alpha value is -1.06. The average molecular weight is 222 g/mol. The number of benzene rings is 1. The van der Waals surface area contributed by atoms with E-state index >= 15 is 0 Å². The van der Waals surface area contributed by atoms with Gasteiger partial charge in [-0.3, -0.25) is 11.3 Å². The summed E-state index contributed by atoms with van der Waals surface area (Å²) in [6, 6.07) is 8.58. The third kappa shape index (κ3) is 3.83. The second kappa shape index (κ2) is 6.51. The van der Waals surface area contributed by atoms with Gasteiger partial charge in [0.15, 0.2) is 0 Å². The number of aryl methyl sites for hydroxylation is 1. The van der Waals surface area contributed by atoms with Crippen molar-refractivity contribution < 1.29 is 4.74 Å². The average Bonchev–Trinajstić information content (AvgIpc) is 2.30. The van der Waals surface area contributed by atoms with Crippen molar-refractivity contribution in [2.45, 2.75) is 32.7 Å². The molecule has 0 aromatic heterocycles. The van der Waals surface area contributed by atoms with Gasteiger partial charge in [0.2, 0.25) is 0 Å². The number of methoxy groups -OCH3 is 1. The number of rotatable bonds is 6. The summed E-state index contributed by atoms with van der Waals surface area (Å²) in [6.45, 7) is 4.36. The molecule has 0 bridgehead atoms. The van der Waals surface area contributed by atoms with E-state index in [-0.39, 0.29) is 0 Å². The Bertz CT molecular complexity index is 295. The zero-order valence-corrected chi connectivity index (χ0v) is 10.4. The molecule has 90 valence electrons. The van der Waals surface area contributed by atoms with Crippen LogP contribution >= 0.6 is 0 Å². The Kier molecular flexibility index (Phi) is 5.29. The molecule has 3 nitrogen and oxygen atoms in total. The standard InChI is InChI=1S/C13H22N2O/c1-10(2)13(15-14)9-6-11-4-7-12(16-3)8-5-11/h4-5,7-8,10,13,15H,6,9,14H2,1-3H3. The number of ether oxygens (including phenoxy) is 1. The maximum absolute atomic E-state index is 5.51. The summed E-state index contributed by atoms with van der Waals surface area (Å²) in [5.74, 6) is 6.98. The lowest BCUT2D eigenvalue weighted by atomic mass is 9.97. The van der Waals surface area contributed by atoms with E-state index in [1.54, 1.807) is 7.11 Å². The molecule has 1 rings (SSSR count). The van der Waals surface area contributed by atoms with Gasteiger partial charge in [0, 0.05) is 6.04 Å². The highest BCUT2D eigenvalue weighted by molar-refractivity contribution is 5.27. The first-order valence-corrected chi connectivity index (χ1v) is 5.76. The Balaban J connectivity index is 2.47. The van der Waals surface area contributed by atoms with Crippen molar-refractivity contribution in [3.8, 4) is 5.75 Å². The van der Waals surface area contributed by atoms with Gasteiger partial charge in [0.05, 0.1) is 7.11 Å². The molecule has 0 spiro atoms. The van der Waals surface area contributed by atoms with Crippen LogP contribution in [-0.2, 0) is 6.42 Å². The molecule has 3 N–H and O–H groups in total. The molecular formula is C13H22N2O. The molecular weight excluding hydrogens is 200 g/mol. The minimum absolute atomic E-state index is 0.377. The highest BCUT2D eigenvalue weighted by Gasteiger charge is 2.10. The number of hydrazine groups is 1. The summed E-state index contributed by atoms with van der Waals surface area (Å²) < 4.78 is 5.12. The molecule has 0 heterocycles. The van der Waals surface area contributed by atoms with Crippen LogP contribution in [0.3, 0.4) is 0 Å². The fourth-order valence-corrected chi connectivity index (χ4v) is 1.72. The van der Waals surface area contributed by atoms with E-state index < -0.39 is 0 Å². The van der Waals surface area contributed by atoms with Crippen molar-refractivity contribution in [2.75, 3.05) is 7.11 Å². The third-order valence-electron chi connectivity index (χ3n) is 2.92. The highest BCUT2D eigenvalue weighted by Crippen LogP contribution is 2.14. The van der Waals surface area contributed by atoms with Gasteiger partial charge in [0.25, 0.3) is 0 Å². The first-order valence-electron chi connectivity index (χ1n) is 5.76. The van der Waals surface area contributed by atoms with Crippen LogP contribution in [0.2, 0.25) is 0 Å². The third-order valence-corrected chi connectivity index (χ3v) is 2.92. The van der Waals surface area contributed by atoms with Gasteiger partial charge >= 0.3 is 0 Å². The van der Waals surface area contributed by atoms with Crippen molar-refractivity contribution in [2.24, 2.45) is 11.8 Å². The van der Waals surface area contributed by atoms with Crippen molar-refractivity contribution in [1.29, 1.82) is 0 Å². The normalized spacial score (nSPS) is 12.8. The lowest BCUT2D eigenvalue weighted by Gasteiger charge is -2.19. The van der Waals surface area contributed by atoms with Crippen molar-refractivity contribution >= 4 is 0 Å². The van der Waals surface area contributed by atoms with E-state index in [2.05, 4.69) is 31.4 Å². The molecule has 0 saturated heterocycles. The van der Waals surface area contributed by atoms with Crippen LogP contribution in [0.25, 0.3) is 0 Å². The molecule has 1 aromatic carbocycles. The predicted octanol–water partition coefficient (Wildman–Crippen LogP) is 2.12. The molecule has 3 heteroatoms. The molecule has 0 amide bonds. The summed E-state index contributed by atoms with van der Waals surface area (Å²) in [7, 11) is 1.68. The van der Waals surface area contributed by atoms with E-state index in [0.717, 1.165) is 18.6 Å². The first-order chi connectivity index (χ1) is 7.67. The van der Waals surface area contributed by atoms with Gasteiger partial charge < -0.3 is 4.74 Å². The number of nitrogens with one attached hydrogen (secondary N) is 1. The van der Waals surface area contributed by atoms with E-state index in [4.69, 9.17) is 10.6 Å². The molecule has 0 radical (unpaired) electrons. The minimum atomic E-state index is 0.377. The molecule has 1 unspecified atom stereocenters. The maximum Gasteiger partial charge on any atom is 0.118 e. The molecule has 0 aliphatic heterocycles. The summed E-state index contributed by atoms with van der Waals surface area (Å²) >= 11 is 0. The van der Waals surface area contributed by atoms with Gasteiger partial charge in [0.1, 0.15) is 5.75 Å². The van der Waals surface area contributed by atoms with E-state index in [1.165, 1.54) is 5.56 Å². The molecule has 16 heavy (non-hydrogen) atoms. The second-order valence-electron chi connectivity index (χ2n) is 4.40. The smallest absolute Gasteiger partial charge is 0.118 e. The summed E-state index contributed by atoms with van der Waals surface area (Å²) in [4.78, 5) is 0. The number of nitrogens with two attached hydrogens (primary N) is 1. The van der Waals surface area contributed by atoms with Crippen LogP contribution in [0.1, 0.15) is 25.8 Å². The molecule has 0 aliphatic carbocycles. The summed E-state index contributed by atoms with van der Waals surface area (Å²) in [6.07, 6.45) is 2.09. The quantitative estimate of drug-likeness (QED) is 0.572. The van der Waals surface area contributed by atoms with E-state index in [1.807, 2.05) is 12.1 Å². The lowest BCUT2D eigenvalue weighted by Crippen LogP contribution is -2.39. The van der Waals surface area contributed by atoms with Crippen molar-refractivity contribution in [1.82, 2.24) is 5.43 Å². The van der Waals surface area contributed by atoms with Gasteiger partial charge in [-0.1, -0.05) is 26.0 Å². The second-order valence-corrected chi connectivity index (χ2v) is 4.40. The van der Waals surface area contributed by atoms with Crippen LogP contribution in [0.5, 0.6) is 5.75 Å². The Morgan fingerprint density at radius 3 is 2.31 bits per heavy atom. The van der Waals surface area contributed by atoms with Crippen molar-refractivity contribution in [3.05, 3.63) is 29.8 Å². The van der Waals surface area contributed by atoms with Crippen LogP contribution in [0, 0.1) is 5.92 Å². The number of hydrogen-bond acceptors (Lipinski definition) is 3. The van der Waals surface area contributed by atoms with Crippen LogP contribution < -0.4 is 16.0 Å². The number of hydrogen-bond donors (Lipinski definition) is 2. The summed E-state index contributed by atoms with van der Waals surface area (Å²) in [5.41, 5.74) is 4.19. The van der Waals surface area contributed by atoms with Gasteiger partial charge in [-0.05, 0) is 36.5 Å². The van der Waals surface area contributed by atoms with Crippen LogP contribution in [-0.4, -0.2) is 13.2 Å². The van der Waals surface area contributed by atoms with Crippen LogP contribution in [0.4, 0.5) is 0 Å². The molecule has 0 fully saturated rings. The molecule has 0 saturated carbocycles. The van der Waals surface area contributed by atoms with Crippen LogP contribution in [0.15, 0.2) is 24.3 Å². The minimum Gasteiger partial charge on any atom is -0.497 e. The maximum atomic E-state index is 5.51. The monoisotopic (exact) mass is 222 g/mol. The molecule has 1 atom stereocenters. The summed E-state index contributed by atoms with van der Waals surface area (Å²) in [5, 5.41) is 0. The van der Waals surface area contributed by atoms with Gasteiger partial charge in [-0.15, -0.1) is 0 Å². The largest absolute Gasteiger partial charge is 0.497 e. The van der Waals surface area contributed by atoms with Gasteiger partial charge in [-0.25, -0.2) is 0 Å². The topological polar surface area (TPSA) is 47.3 Å². The molecule has 1 aromatic rings. The van der Waals surface area contributed by atoms with E-state index in [9.17, 15) is 0 Å². The predicted molar refractivity (Wildman–Crippen MR) is 67.3 cm³/mol. The Labute approximate surface area is 98.0 Å². The Morgan fingerprint density at radius 1 is 1.25 bits per heavy atom. The molecule has 0 aliphatic rings. The zero-order chi connectivity index (χ0) is 12.0. The van der Waals surface area contributed by atoms with Crippen molar-refractivity contribution in [3.63, 3.8) is 0 Å². The van der Waals surface area contributed by atoms with E-state index in [0.29, 0.717) is 12.0 Å².